The van der Waals surface area contributed by atoms with Gasteiger partial charge in [0.2, 0.25) is 0 Å². The van der Waals surface area contributed by atoms with Crippen molar-refractivity contribution in [1.82, 2.24) is 0 Å². The Balaban J connectivity index is 3.18. The predicted octanol–water partition coefficient (Wildman–Crippen LogP) is 3.05. The molecule has 0 aromatic heterocycles. The van der Waals surface area contributed by atoms with E-state index in [2.05, 4.69) is 26.1 Å². The van der Waals surface area contributed by atoms with Crippen LogP contribution in [0.25, 0.3) is 0 Å². The van der Waals surface area contributed by atoms with E-state index in [0.29, 0.717) is 16.9 Å². The summed E-state index contributed by atoms with van der Waals surface area (Å²) >= 11 is 0. The molecule has 1 aromatic carbocycles. The van der Waals surface area contributed by atoms with Crippen LogP contribution in [-0.4, -0.2) is 18.6 Å². The highest BCUT2D eigenvalue weighted by Gasteiger charge is 2.23. The molecule has 0 bridgehead atoms. The van der Waals surface area contributed by atoms with Gasteiger partial charge in [0, 0.05) is 5.54 Å². The normalized spacial score (nSPS) is 11.1. The third-order valence-corrected chi connectivity index (χ3v) is 3.49. The fourth-order valence-electron chi connectivity index (χ4n) is 1.72. The smallest absolute Gasteiger partial charge is 0.340 e. The van der Waals surface area contributed by atoms with Gasteiger partial charge >= 0.3 is 5.97 Å². The molecule has 1 rings (SSSR count). The van der Waals surface area contributed by atoms with Gasteiger partial charge in [-0.05, 0) is 31.9 Å². The van der Waals surface area contributed by atoms with E-state index >= 15 is 0 Å². The van der Waals surface area contributed by atoms with Gasteiger partial charge in [0.25, 0.3) is 0 Å². The van der Waals surface area contributed by atoms with Crippen LogP contribution in [0.4, 0.5) is 11.4 Å². The standard InChI is InChI=1S/C14H22N2O2/c1-5-14(3,6-2)16-12-10(13(17)18-4)8-7-9-11(12)15/h7-9,16H,5-6,15H2,1-4H3. The highest BCUT2D eigenvalue weighted by Crippen LogP contribution is 2.30. The molecule has 4 heteroatoms. The summed E-state index contributed by atoms with van der Waals surface area (Å²) < 4.78 is 4.78. The van der Waals surface area contributed by atoms with Crippen LogP contribution >= 0.6 is 0 Å². The van der Waals surface area contributed by atoms with Crippen LogP contribution in [0.15, 0.2) is 18.2 Å². The van der Waals surface area contributed by atoms with Crippen molar-refractivity contribution in [2.75, 3.05) is 18.2 Å². The van der Waals surface area contributed by atoms with Crippen molar-refractivity contribution in [3.63, 3.8) is 0 Å². The van der Waals surface area contributed by atoms with Crippen LogP contribution in [-0.2, 0) is 4.74 Å². The first-order valence-electron chi connectivity index (χ1n) is 6.22. The Bertz CT molecular complexity index is 426. The van der Waals surface area contributed by atoms with Crippen LogP contribution in [0, 0.1) is 0 Å². The fraction of sp³-hybridized carbons (Fsp3) is 0.500. The van der Waals surface area contributed by atoms with Gasteiger partial charge in [-0.1, -0.05) is 19.9 Å². The number of carbonyl (C=O) groups excluding carboxylic acids is 1. The lowest BCUT2D eigenvalue weighted by atomic mass is 9.94. The largest absolute Gasteiger partial charge is 0.465 e. The summed E-state index contributed by atoms with van der Waals surface area (Å²) in [5.74, 6) is -0.376. The number of ether oxygens (including phenoxy) is 1. The SMILES string of the molecule is CCC(C)(CC)Nc1c(N)cccc1C(=O)OC. The molecule has 0 aliphatic rings. The van der Waals surface area contributed by atoms with Crippen LogP contribution in [0.5, 0.6) is 0 Å². The summed E-state index contributed by atoms with van der Waals surface area (Å²) in [6.07, 6.45) is 1.89. The summed E-state index contributed by atoms with van der Waals surface area (Å²) in [5, 5.41) is 3.38. The summed E-state index contributed by atoms with van der Waals surface area (Å²) in [6, 6.07) is 5.25. The molecule has 0 fully saturated rings. The summed E-state index contributed by atoms with van der Waals surface area (Å²) in [7, 11) is 1.37. The van der Waals surface area contributed by atoms with Gasteiger partial charge in [-0.3, -0.25) is 0 Å². The Labute approximate surface area is 109 Å². The topological polar surface area (TPSA) is 64.3 Å². The van der Waals surface area contributed by atoms with E-state index in [1.54, 1.807) is 18.2 Å². The molecular formula is C14H22N2O2. The third kappa shape index (κ3) is 2.94. The lowest BCUT2D eigenvalue weighted by Gasteiger charge is -2.31. The van der Waals surface area contributed by atoms with Crippen LogP contribution in [0.3, 0.4) is 0 Å². The number of benzene rings is 1. The van der Waals surface area contributed by atoms with E-state index in [1.807, 2.05) is 0 Å². The van der Waals surface area contributed by atoms with Gasteiger partial charge in [-0.2, -0.15) is 0 Å². The Morgan fingerprint density at radius 2 is 2.00 bits per heavy atom. The first-order valence-corrected chi connectivity index (χ1v) is 6.22. The molecule has 1 aromatic rings. The average Bonchev–Trinajstić information content (AvgIpc) is 2.40. The molecule has 0 spiro atoms. The van der Waals surface area contributed by atoms with E-state index < -0.39 is 0 Å². The van der Waals surface area contributed by atoms with Gasteiger partial charge < -0.3 is 15.8 Å². The summed E-state index contributed by atoms with van der Waals surface area (Å²) in [4.78, 5) is 11.7. The number of carbonyl (C=O) groups is 1. The maximum Gasteiger partial charge on any atom is 0.340 e. The molecule has 0 unspecified atom stereocenters. The highest BCUT2D eigenvalue weighted by molar-refractivity contribution is 5.98. The van der Waals surface area contributed by atoms with Crippen molar-refractivity contribution < 1.29 is 9.53 Å². The zero-order valence-electron chi connectivity index (χ0n) is 11.5. The second-order valence-corrected chi connectivity index (χ2v) is 4.65. The number of nitrogens with one attached hydrogen (secondary N) is 1. The number of hydrogen-bond acceptors (Lipinski definition) is 4. The summed E-state index contributed by atoms with van der Waals surface area (Å²) in [6.45, 7) is 6.32. The van der Waals surface area contributed by atoms with E-state index in [4.69, 9.17) is 10.5 Å². The second kappa shape index (κ2) is 5.76. The first-order chi connectivity index (χ1) is 8.47. The first kappa shape index (κ1) is 14.4. The predicted molar refractivity (Wildman–Crippen MR) is 74.8 cm³/mol. The maximum absolute atomic E-state index is 11.7. The molecule has 100 valence electrons. The molecule has 0 radical (unpaired) electrons. The van der Waals surface area contributed by atoms with Crippen molar-refractivity contribution >= 4 is 17.3 Å². The number of nitrogens with two attached hydrogens (primary N) is 1. The third-order valence-electron chi connectivity index (χ3n) is 3.49. The number of hydrogen-bond donors (Lipinski definition) is 2. The monoisotopic (exact) mass is 250 g/mol. The number of para-hydroxylation sites is 1. The Morgan fingerprint density at radius 3 is 2.50 bits per heavy atom. The van der Waals surface area contributed by atoms with Crippen molar-refractivity contribution in [2.24, 2.45) is 0 Å². The quantitative estimate of drug-likeness (QED) is 0.622. The van der Waals surface area contributed by atoms with Crippen LogP contribution in [0.2, 0.25) is 0 Å². The zero-order chi connectivity index (χ0) is 13.8. The molecular weight excluding hydrogens is 228 g/mol. The van der Waals surface area contributed by atoms with Crippen molar-refractivity contribution in [1.29, 1.82) is 0 Å². The van der Waals surface area contributed by atoms with Crippen molar-refractivity contribution in [3.8, 4) is 0 Å². The van der Waals surface area contributed by atoms with Gasteiger partial charge in [0.15, 0.2) is 0 Å². The zero-order valence-corrected chi connectivity index (χ0v) is 11.5. The molecule has 0 atom stereocenters. The maximum atomic E-state index is 11.7. The molecule has 0 heterocycles. The minimum atomic E-state index is -0.376. The Morgan fingerprint density at radius 1 is 1.39 bits per heavy atom. The van der Waals surface area contributed by atoms with Crippen LogP contribution in [0.1, 0.15) is 44.0 Å². The number of anilines is 2. The molecule has 0 aliphatic carbocycles. The van der Waals surface area contributed by atoms with Gasteiger partial charge in [-0.25, -0.2) is 4.79 Å². The van der Waals surface area contributed by atoms with Crippen LogP contribution < -0.4 is 11.1 Å². The minimum Gasteiger partial charge on any atom is -0.465 e. The van der Waals surface area contributed by atoms with Gasteiger partial charge in [0.05, 0.1) is 24.0 Å². The van der Waals surface area contributed by atoms with E-state index in [1.165, 1.54) is 7.11 Å². The average molecular weight is 250 g/mol. The minimum absolute atomic E-state index is 0.0851. The lowest BCUT2D eigenvalue weighted by molar-refractivity contribution is 0.0601. The second-order valence-electron chi connectivity index (χ2n) is 4.65. The van der Waals surface area contributed by atoms with E-state index in [-0.39, 0.29) is 11.5 Å². The summed E-state index contributed by atoms with van der Waals surface area (Å²) in [5.41, 5.74) is 7.58. The number of nitrogen functional groups attached to an aromatic ring is 1. The Hall–Kier alpha value is -1.71. The van der Waals surface area contributed by atoms with Crippen molar-refractivity contribution in [3.05, 3.63) is 23.8 Å². The van der Waals surface area contributed by atoms with Crippen molar-refractivity contribution in [2.45, 2.75) is 39.2 Å². The molecule has 18 heavy (non-hydrogen) atoms. The molecule has 4 nitrogen and oxygen atoms in total. The molecule has 0 saturated carbocycles. The Kier molecular flexibility index (Phi) is 4.59. The molecule has 0 aliphatic heterocycles. The van der Waals surface area contributed by atoms with Gasteiger partial charge in [0.1, 0.15) is 0 Å². The van der Waals surface area contributed by atoms with Gasteiger partial charge in [-0.15, -0.1) is 0 Å². The highest BCUT2D eigenvalue weighted by atomic mass is 16.5. The van der Waals surface area contributed by atoms with E-state index in [9.17, 15) is 4.79 Å². The molecule has 0 saturated heterocycles. The lowest BCUT2D eigenvalue weighted by Crippen LogP contribution is -2.34. The molecule has 0 amide bonds. The number of esters is 1. The number of rotatable bonds is 5. The fourth-order valence-corrected chi connectivity index (χ4v) is 1.72. The van der Waals surface area contributed by atoms with E-state index in [0.717, 1.165) is 12.8 Å². The number of methoxy groups -OCH3 is 1. The molecule has 3 N–H and O–H groups in total.